The zero-order valence-corrected chi connectivity index (χ0v) is 19.6. The van der Waals surface area contributed by atoms with E-state index < -0.39 is 5.91 Å². The summed E-state index contributed by atoms with van der Waals surface area (Å²) < 4.78 is 15.9. The molecule has 1 aliphatic heterocycles. The van der Waals surface area contributed by atoms with Crippen molar-refractivity contribution < 1.29 is 28.6 Å². The highest BCUT2D eigenvalue weighted by molar-refractivity contribution is 8.18. The summed E-state index contributed by atoms with van der Waals surface area (Å²) in [5.74, 6) is 0.474. The van der Waals surface area contributed by atoms with Gasteiger partial charge >= 0.3 is 0 Å². The number of nitrogens with one attached hydrogen (secondary N) is 1. The lowest BCUT2D eigenvalue weighted by Crippen LogP contribution is -2.37. The summed E-state index contributed by atoms with van der Waals surface area (Å²) in [5, 5.41) is 2.37. The second-order valence-electron chi connectivity index (χ2n) is 7.07. The molecule has 1 aliphatic rings. The summed E-state index contributed by atoms with van der Waals surface area (Å²) in [5.41, 5.74) is 2.08. The van der Waals surface area contributed by atoms with Gasteiger partial charge in [0.05, 0.1) is 25.2 Å². The molecular formula is C24H26N2O6S. The third kappa shape index (κ3) is 6.15. The van der Waals surface area contributed by atoms with E-state index >= 15 is 0 Å². The van der Waals surface area contributed by atoms with Crippen LogP contribution in [0, 0.1) is 0 Å². The van der Waals surface area contributed by atoms with Gasteiger partial charge in [0.2, 0.25) is 0 Å². The highest BCUT2D eigenvalue weighted by Gasteiger charge is 2.34. The molecule has 0 aromatic heterocycles. The first-order valence-electron chi connectivity index (χ1n) is 10.4. The molecular weight excluding hydrogens is 444 g/mol. The van der Waals surface area contributed by atoms with Crippen molar-refractivity contribution in [3.8, 4) is 11.5 Å². The minimum absolute atomic E-state index is 0.0815. The summed E-state index contributed by atoms with van der Waals surface area (Å²) in [6.07, 6.45) is 1.64. The maximum atomic E-state index is 12.7. The van der Waals surface area contributed by atoms with Crippen LogP contribution in [0.1, 0.15) is 28.4 Å². The third-order valence-electron chi connectivity index (χ3n) is 4.78. The molecule has 174 valence electrons. The average molecular weight is 471 g/mol. The second-order valence-corrected chi connectivity index (χ2v) is 8.06. The molecule has 0 atom stereocenters. The van der Waals surface area contributed by atoms with Crippen LogP contribution < -0.4 is 14.8 Å². The molecule has 0 bridgehead atoms. The molecule has 0 aliphatic carbocycles. The number of thioether (sulfide) groups is 1. The van der Waals surface area contributed by atoms with Gasteiger partial charge in [0.15, 0.2) is 11.5 Å². The van der Waals surface area contributed by atoms with E-state index in [4.69, 9.17) is 14.2 Å². The summed E-state index contributed by atoms with van der Waals surface area (Å²) in [7, 11) is 3.13. The Kier molecular flexibility index (Phi) is 8.51. The van der Waals surface area contributed by atoms with E-state index in [1.807, 2.05) is 13.0 Å². The van der Waals surface area contributed by atoms with Gasteiger partial charge in [0, 0.05) is 25.8 Å². The Morgan fingerprint density at radius 2 is 1.94 bits per heavy atom. The Morgan fingerprint density at radius 3 is 2.67 bits per heavy atom. The van der Waals surface area contributed by atoms with Crippen molar-refractivity contribution in [2.24, 2.45) is 0 Å². The van der Waals surface area contributed by atoms with Gasteiger partial charge in [-0.15, -0.1) is 0 Å². The normalized spacial score (nSPS) is 14.6. The van der Waals surface area contributed by atoms with Crippen molar-refractivity contribution in [2.45, 2.75) is 13.5 Å². The average Bonchev–Trinajstić information content (AvgIpc) is 3.07. The lowest BCUT2D eigenvalue weighted by molar-refractivity contribution is -0.122. The molecule has 33 heavy (non-hydrogen) atoms. The molecule has 1 saturated heterocycles. The SMILES string of the molecule is CCOc1ccc(/C=C2\SC(=O)N(CCNC(=O)c3cccc(COC)c3)C2=O)cc1OC. The van der Waals surface area contributed by atoms with Crippen LogP contribution in [0.5, 0.6) is 11.5 Å². The van der Waals surface area contributed by atoms with E-state index in [0.717, 1.165) is 22.2 Å². The minimum Gasteiger partial charge on any atom is -0.493 e. The van der Waals surface area contributed by atoms with Gasteiger partial charge in [-0.2, -0.15) is 0 Å². The van der Waals surface area contributed by atoms with Gasteiger partial charge in [-0.1, -0.05) is 18.2 Å². The van der Waals surface area contributed by atoms with Crippen molar-refractivity contribution in [3.63, 3.8) is 0 Å². The molecule has 1 N–H and O–H groups in total. The van der Waals surface area contributed by atoms with E-state index in [1.54, 1.807) is 49.6 Å². The lowest BCUT2D eigenvalue weighted by atomic mass is 10.1. The molecule has 2 aromatic rings. The first-order valence-corrected chi connectivity index (χ1v) is 11.2. The largest absolute Gasteiger partial charge is 0.493 e. The predicted octanol–water partition coefficient (Wildman–Crippen LogP) is 3.71. The van der Waals surface area contributed by atoms with Gasteiger partial charge in [-0.05, 0) is 60.2 Å². The van der Waals surface area contributed by atoms with E-state index in [2.05, 4.69) is 5.32 Å². The van der Waals surface area contributed by atoms with Crippen LogP contribution in [-0.4, -0.2) is 55.9 Å². The Hall–Kier alpha value is -3.30. The highest BCUT2D eigenvalue weighted by Crippen LogP contribution is 2.34. The van der Waals surface area contributed by atoms with Gasteiger partial charge in [0.1, 0.15) is 0 Å². The quantitative estimate of drug-likeness (QED) is 0.529. The number of amides is 3. The maximum absolute atomic E-state index is 12.7. The molecule has 1 heterocycles. The van der Waals surface area contributed by atoms with Crippen molar-refractivity contribution in [3.05, 3.63) is 64.1 Å². The fourth-order valence-electron chi connectivity index (χ4n) is 3.25. The number of hydrogen-bond donors (Lipinski definition) is 1. The maximum Gasteiger partial charge on any atom is 0.293 e. The first-order chi connectivity index (χ1) is 16.0. The van der Waals surface area contributed by atoms with E-state index in [9.17, 15) is 14.4 Å². The summed E-state index contributed by atoms with van der Waals surface area (Å²) in [4.78, 5) is 38.9. The van der Waals surface area contributed by atoms with Gasteiger partial charge in [-0.25, -0.2) is 0 Å². The predicted molar refractivity (Wildman–Crippen MR) is 126 cm³/mol. The number of methoxy groups -OCH3 is 2. The molecule has 2 aromatic carbocycles. The topological polar surface area (TPSA) is 94.2 Å². The molecule has 1 fully saturated rings. The summed E-state index contributed by atoms with van der Waals surface area (Å²) in [6.45, 7) is 3.02. The molecule has 8 nitrogen and oxygen atoms in total. The number of ether oxygens (including phenoxy) is 3. The number of imide groups is 1. The number of carbonyl (C=O) groups is 3. The van der Waals surface area contributed by atoms with Crippen LogP contribution in [0.25, 0.3) is 6.08 Å². The molecule has 0 saturated carbocycles. The zero-order chi connectivity index (χ0) is 23.8. The van der Waals surface area contributed by atoms with Gasteiger partial charge in [-0.3, -0.25) is 19.3 Å². The van der Waals surface area contributed by atoms with Crippen LogP contribution in [0.3, 0.4) is 0 Å². The molecule has 3 amide bonds. The van der Waals surface area contributed by atoms with Gasteiger partial charge in [0.25, 0.3) is 17.1 Å². The van der Waals surface area contributed by atoms with Crippen molar-refractivity contribution in [1.29, 1.82) is 0 Å². The third-order valence-corrected chi connectivity index (χ3v) is 5.69. The fraction of sp³-hybridized carbons (Fsp3) is 0.292. The van der Waals surface area contributed by atoms with Crippen LogP contribution in [-0.2, 0) is 16.1 Å². The van der Waals surface area contributed by atoms with Crippen LogP contribution >= 0.6 is 11.8 Å². The fourth-order valence-corrected chi connectivity index (χ4v) is 4.11. The Balaban J connectivity index is 1.61. The smallest absolute Gasteiger partial charge is 0.293 e. The van der Waals surface area contributed by atoms with Crippen LogP contribution in [0.4, 0.5) is 4.79 Å². The molecule has 3 rings (SSSR count). The first kappa shape index (κ1) is 24.3. The number of nitrogens with zero attached hydrogens (tertiary/aromatic N) is 1. The van der Waals surface area contributed by atoms with Crippen molar-refractivity contribution in [2.75, 3.05) is 33.9 Å². The monoisotopic (exact) mass is 470 g/mol. The molecule has 9 heteroatoms. The number of carbonyl (C=O) groups excluding carboxylic acids is 3. The Bertz CT molecular complexity index is 1070. The minimum atomic E-state index is -0.394. The second kappa shape index (κ2) is 11.5. The highest BCUT2D eigenvalue weighted by atomic mass is 32.2. The zero-order valence-electron chi connectivity index (χ0n) is 18.8. The van der Waals surface area contributed by atoms with E-state index in [0.29, 0.717) is 40.7 Å². The van der Waals surface area contributed by atoms with E-state index in [1.165, 1.54) is 7.11 Å². The summed E-state index contributed by atoms with van der Waals surface area (Å²) >= 11 is 0.867. The van der Waals surface area contributed by atoms with Crippen LogP contribution in [0.2, 0.25) is 0 Å². The number of rotatable bonds is 10. The lowest BCUT2D eigenvalue weighted by Gasteiger charge is -2.13. The van der Waals surface area contributed by atoms with Crippen molar-refractivity contribution in [1.82, 2.24) is 10.2 Å². The summed E-state index contributed by atoms with van der Waals surface area (Å²) in [6, 6.07) is 12.4. The molecule has 0 unspecified atom stereocenters. The standard InChI is InChI=1S/C24H26N2O6S/c1-4-32-19-9-8-16(13-20(19)31-3)14-21-23(28)26(24(29)33-21)11-10-25-22(27)18-7-5-6-17(12-18)15-30-2/h5-9,12-14H,4,10-11,15H2,1-3H3,(H,25,27)/b21-14-. The van der Waals surface area contributed by atoms with Gasteiger partial charge < -0.3 is 19.5 Å². The number of benzene rings is 2. The van der Waals surface area contributed by atoms with Crippen LogP contribution in [0.15, 0.2) is 47.4 Å². The Labute approximate surface area is 196 Å². The Morgan fingerprint density at radius 1 is 1.12 bits per heavy atom. The molecule has 0 radical (unpaired) electrons. The number of hydrogen-bond acceptors (Lipinski definition) is 7. The van der Waals surface area contributed by atoms with E-state index in [-0.39, 0.29) is 24.2 Å². The van der Waals surface area contributed by atoms with Crippen molar-refractivity contribution >= 4 is 34.9 Å². The molecule has 0 spiro atoms.